The number of amides is 2. The van der Waals surface area contributed by atoms with Gasteiger partial charge in [0.15, 0.2) is 0 Å². The molecule has 0 radical (unpaired) electrons. The topological polar surface area (TPSA) is 116 Å². The second-order valence-corrected chi connectivity index (χ2v) is 8.46. The zero-order valence-electron chi connectivity index (χ0n) is 19.1. The van der Waals surface area contributed by atoms with Crippen LogP contribution in [0, 0.1) is 20.2 Å². The highest BCUT2D eigenvalue weighted by Gasteiger charge is 2.35. The van der Waals surface area contributed by atoms with Gasteiger partial charge in [-0.25, -0.2) is 4.79 Å². The predicted molar refractivity (Wildman–Crippen MR) is 124 cm³/mol. The van der Waals surface area contributed by atoms with Gasteiger partial charge in [-0.3, -0.25) is 20.2 Å². The zero-order valence-corrected chi connectivity index (χ0v) is 19.1. The van der Waals surface area contributed by atoms with Gasteiger partial charge in [-0.2, -0.15) is 13.2 Å². The van der Waals surface area contributed by atoms with Gasteiger partial charge >= 0.3 is 12.2 Å². The van der Waals surface area contributed by atoms with Crippen molar-refractivity contribution in [1.29, 1.82) is 0 Å². The molecule has 11 nitrogen and oxygen atoms in total. The number of hydrogen-bond donors (Lipinski definition) is 0. The first-order valence-corrected chi connectivity index (χ1v) is 11.2. The van der Waals surface area contributed by atoms with Crippen LogP contribution in [0.15, 0.2) is 42.5 Å². The number of carbonyl (C=O) groups excluding carboxylic acids is 1. The van der Waals surface area contributed by atoms with Crippen LogP contribution in [0.2, 0.25) is 0 Å². The average molecular weight is 508 g/mol. The van der Waals surface area contributed by atoms with Crippen LogP contribution < -0.4 is 9.80 Å². The molecule has 2 saturated heterocycles. The summed E-state index contributed by atoms with van der Waals surface area (Å²) in [6.45, 7) is 3.09. The minimum absolute atomic E-state index is 0.00772. The van der Waals surface area contributed by atoms with Gasteiger partial charge in [-0.05, 0) is 24.3 Å². The van der Waals surface area contributed by atoms with Crippen molar-refractivity contribution in [3.8, 4) is 0 Å². The molecule has 2 aromatic carbocycles. The SMILES string of the molecule is O=C(N1CCN(c2ccc([N+](=O)[O-])cc2)CC1)N1CCN(c2ccc(C(F)(F)F)cc2[N+](=O)[O-])CC1. The molecule has 0 aromatic heterocycles. The highest BCUT2D eigenvalue weighted by Crippen LogP contribution is 2.36. The third kappa shape index (κ3) is 5.26. The molecule has 2 amide bonds. The number of rotatable bonds is 4. The normalized spacial score (nSPS) is 16.8. The molecule has 192 valence electrons. The van der Waals surface area contributed by atoms with Crippen molar-refractivity contribution in [1.82, 2.24) is 9.80 Å². The summed E-state index contributed by atoms with van der Waals surface area (Å²) in [6, 6.07) is 8.53. The van der Waals surface area contributed by atoms with Crippen LogP contribution >= 0.6 is 0 Å². The van der Waals surface area contributed by atoms with Crippen molar-refractivity contribution in [2.75, 3.05) is 62.2 Å². The molecule has 0 bridgehead atoms. The van der Waals surface area contributed by atoms with Crippen LogP contribution in [0.5, 0.6) is 0 Å². The third-order valence-corrected chi connectivity index (χ3v) is 6.37. The average Bonchev–Trinajstić information content (AvgIpc) is 2.87. The van der Waals surface area contributed by atoms with Gasteiger partial charge in [0.05, 0.1) is 15.4 Å². The molecule has 0 aliphatic carbocycles. The largest absolute Gasteiger partial charge is 0.416 e. The molecule has 36 heavy (non-hydrogen) atoms. The Labute approximate surface area is 203 Å². The standard InChI is InChI=1S/C22H23F3N6O5/c23-22(24,25)16-1-6-19(20(15-16)31(35)36)27-9-13-29(14-10-27)21(32)28-11-7-26(8-12-28)17-2-4-18(5-3-17)30(33)34/h1-6,15H,7-14H2. The summed E-state index contributed by atoms with van der Waals surface area (Å²) in [7, 11) is 0. The number of alkyl halides is 3. The van der Waals surface area contributed by atoms with E-state index in [4.69, 9.17) is 0 Å². The smallest absolute Gasteiger partial charge is 0.368 e. The lowest BCUT2D eigenvalue weighted by atomic mass is 10.1. The Bertz CT molecular complexity index is 1140. The number of urea groups is 1. The zero-order chi connectivity index (χ0) is 26.0. The number of benzene rings is 2. The van der Waals surface area contributed by atoms with Gasteiger partial charge in [0.1, 0.15) is 5.69 Å². The van der Waals surface area contributed by atoms with Crippen molar-refractivity contribution < 1.29 is 27.8 Å². The Kier molecular flexibility index (Phi) is 6.86. The summed E-state index contributed by atoms with van der Waals surface area (Å²) in [4.78, 5) is 40.9. The van der Waals surface area contributed by atoms with E-state index in [0.717, 1.165) is 17.8 Å². The number of piperazine rings is 2. The summed E-state index contributed by atoms with van der Waals surface area (Å²) in [6.07, 6.45) is -4.68. The van der Waals surface area contributed by atoms with Gasteiger partial charge in [0.2, 0.25) is 0 Å². The first-order valence-electron chi connectivity index (χ1n) is 11.2. The minimum atomic E-state index is -4.68. The molecular formula is C22H23F3N6O5. The lowest BCUT2D eigenvalue weighted by Gasteiger charge is -2.41. The molecule has 2 aliphatic rings. The van der Waals surface area contributed by atoms with Crippen LogP contribution in [0.25, 0.3) is 0 Å². The molecule has 0 N–H and O–H groups in total. The van der Waals surface area contributed by atoms with E-state index >= 15 is 0 Å². The molecule has 2 heterocycles. The quantitative estimate of drug-likeness (QED) is 0.458. The highest BCUT2D eigenvalue weighted by atomic mass is 19.4. The Hall–Kier alpha value is -4.10. The van der Waals surface area contributed by atoms with Gasteiger partial charge in [0, 0.05) is 76.2 Å². The highest BCUT2D eigenvalue weighted by molar-refractivity contribution is 5.75. The molecule has 0 spiro atoms. The van der Waals surface area contributed by atoms with Crippen molar-refractivity contribution in [3.63, 3.8) is 0 Å². The number of carbonyl (C=O) groups is 1. The van der Waals surface area contributed by atoms with E-state index in [1.165, 1.54) is 12.1 Å². The predicted octanol–water partition coefficient (Wildman–Crippen LogP) is 3.59. The molecule has 2 aliphatic heterocycles. The van der Waals surface area contributed by atoms with Crippen molar-refractivity contribution >= 4 is 28.8 Å². The molecule has 4 rings (SSSR count). The van der Waals surface area contributed by atoms with Crippen LogP contribution in [0.4, 0.5) is 40.7 Å². The molecule has 2 aromatic rings. The molecule has 0 unspecified atom stereocenters. The lowest BCUT2D eigenvalue weighted by molar-refractivity contribution is -0.384. The number of nitro benzene ring substituents is 2. The summed E-state index contributed by atoms with van der Waals surface area (Å²) in [5.41, 5.74) is -0.767. The summed E-state index contributed by atoms with van der Waals surface area (Å²) < 4.78 is 38.9. The molecule has 2 fully saturated rings. The van der Waals surface area contributed by atoms with Gasteiger partial charge in [-0.15, -0.1) is 0 Å². The van der Waals surface area contributed by atoms with Crippen LogP contribution in [0.3, 0.4) is 0 Å². The van der Waals surface area contributed by atoms with Crippen molar-refractivity contribution in [3.05, 3.63) is 68.3 Å². The van der Waals surface area contributed by atoms with Gasteiger partial charge < -0.3 is 19.6 Å². The van der Waals surface area contributed by atoms with Gasteiger partial charge in [-0.1, -0.05) is 0 Å². The van der Waals surface area contributed by atoms with Crippen molar-refractivity contribution in [2.24, 2.45) is 0 Å². The Morgan fingerprint density at radius 3 is 1.75 bits per heavy atom. The van der Waals surface area contributed by atoms with E-state index in [-0.39, 0.29) is 43.6 Å². The molecular weight excluding hydrogens is 485 g/mol. The van der Waals surface area contributed by atoms with Gasteiger partial charge in [0.25, 0.3) is 11.4 Å². The third-order valence-electron chi connectivity index (χ3n) is 6.37. The fourth-order valence-corrected chi connectivity index (χ4v) is 4.39. The number of nitrogens with zero attached hydrogens (tertiary/aromatic N) is 6. The maximum Gasteiger partial charge on any atom is 0.416 e. The van der Waals surface area contributed by atoms with E-state index < -0.39 is 27.3 Å². The van der Waals surface area contributed by atoms with E-state index in [1.807, 2.05) is 4.90 Å². The number of nitro groups is 2. The second kappa shape index (κ2) is 9.87. The molecule has 0 saturated carbocycles. The maximum atomic E-state index is 13.0. The Balaban J connectivity index is 1.33. The lowest BCUT2D eigenvalue weighted by Crippen LogP contribution is -2.57. The summed E-state index contributed by atoms with van der Waals surface area (Å²) in [5, 5.41) is 22.2. The fourth-order valence-electron chi connectivity index (χ4n) is 4.39. The maximum absolute atomic E-state index is 13.0. The van der Waals surface area contributed by atoms with E-state index in [2.05, 4.69) is 0 Å². The Morgan fingerprint density at radius 1 is 0.750 bits per heavy atom. The van der Waals surface area contributed by atoms with Crippen LogP contribution in [-0.4, -0.2) is 78.0 Å². The van der Waals surface area contributed by atoms with Crippen LogP contribution in [-0.2, 0) is 6.18 Å². The number of anilines is 2. The first-order chi connectivity index (χ1) is 17.0. The molecule has 0 atom stereocenters. The summed E-state index contributed by atoms with van der Waals surface area (Å²) in [5.74, 6) is 0. The second-order valence-electron chi connectivity index (χ2n) is 8.46. The van der Waals surface area contributed by atoms with E-state index in [1.54, 1.807) is 26.8 Å². The monoisotopic (exact) mass is 508 g/mol. The summed E-state index contributed by atoms with van der Waals surface area (Å²) >= 11 is 0. The fraction of sp³-hybridized carbons (Fsp3) is 0.409. The van der Waals surface area contributed by atoms with Crippen molar-refractivity contribution in [2.45, 2.75) is 6.18 Å². The Morgan fingerprint density at radius 2 is 1.28 bits per heavy atom. The number of halogens is 3. The van der Waals surface area contributed by atoms with E-state index in [9.17, 15) is 38.2 Å². The first kappa shape index (κ1) is 25.0. The van der Waals surface area contributed by atoms with Crippen LogP contribution in [0.1, 0.15) is 5.56 Å². The number of non-ortho nitro benzene ring substituents is 1. The van der Waals surface area contributed by atoms with E-state index in [0.29, 0.717) is 32.2 Å². The number of hydrogen-bond acceptors (Lipinski definition) is 7. The minimum Gasteiger partial charge on any atom is -0.368 e. The molecule has 14 heteroatoms.